The number of hydrogen-bond donors (Lipinski definition) is 3. The standard InChI is InChI=1S/C20H17ClF5N7O3/c1-2-32-12(7-34)31-33(19(32)35)17-14(23)9-6-27-30-16(28-15-10(21)4-3-5-11(15)22)13(9)18(29-17)36-8-20(24,25)26/h3-6,12,31,34H,2,7-8H2,1H3,(H,28,30). The Balaban J connectivity index is 1.89. The van der Waals surface area contributed by atoms with E-state index in [2.05, 4.69) is 25.9 Å². The van der Waals surface area contributed by atoms with Gasteiger partial charge in [-0.25, -0.2) is 18.6 Å². The molecule has 1 saturated heterocycles. The highest BCUT2D eigenvalue weighted by atomic mass is 35.5. The fraction of sp³-hybridized carbons (Fsp3) is 0.300. The van der Waals surface area contributed by atoms with Gasteiger partial charge in [0.25, 0.3) is 0 Å². The number of alkyl halides is 3. The number of aromatic nitrogens is 3. The predicted octanol–water partition coefficient (Wildman–Crippen LogP) is 3.73. The van der Waals surface area contributed by atoms with Crippen molar-refractivity contribution in [3.05, 3.63) is 41.1 Å². The second-order valence-electron chi connectivity index (χ2n) is 7.39. The maximum absolute atomic E-state index is 15.6. The molecule has 1 fully saturated rings. The largest absolute Gasteiger partial charge is 0.467 e. The smallest absolute Gasteiger partial charge is 0.422 e. The Morgan fingerprint density at radius 3 is 2.67 bits per heavy atom. The zero-order valence-electron chi connectivity index (χ0n) is 18.3. The van der Waals surface area contributed by atoms with Gasteiger partial charge in [0, 0.05) is 6.54 Å². The maximum Gasteiger partial charge on any atom is 0.422 e. The van der Waals surface area contributed by atoms with Gasteiger partial charge in [0.05, 0.1) is 34.3 Å². The second-order valence-corrected chi connectivity index (χ2v) is 7.80. The number of pyridine rings is 1. The first-order chi connectivity index (χ1) is 17.1. The third-order valence-electron chi connectivity index (χ3n) is 5.10. The number of carbonyl (C=O) groups excluding carboxylic acids is 1. The minimum atomic E-state index is -4.80. The molecule has 3 heterocycles. The molecule has 0 bridgehead atoms. The van der Waals surface area contributed by atoms with Crippen LogP contribution in [0.15, 0.2) is 24.4 Å². The number of nitrogens with zero attached hydrogens (tertiary/aromatic N) is 5. The van der Waals surface area contributed by atoms with Crippen molar-refractivity contribution in [1.82, 2.24) is 25.5 Å². The zero-order chi connectivity index (χ0) is 26.2. The van der Waals surface area contributed by atoms with E-state index in [-0.39, 0.29) is 17.3 Å². The first-order valence-corrected chi connectivity index (χ1v) is 10.7. The van der Waals surface area contributed by atoms with Gasteiger partial charge in [-0.3, -0.25) is 0 Å². The van der Waals surface area contributed by atoms with Crippen molar-refractivity contribution >= 4 is 45.7 Å². The van der Waals surface area contributed by atoms with Gasteiger partial charge in [-0.2, -0.15) is 28.7 Å². The lowest BCUT2D eigenvalue weighted by atomic mass is 10.2. The van der Waals surface area contributed by atoms with Gasteiger partial charge in [-0.05, 0) is 19.1 Å². The molecule has 1 aliphatic rings. The quantitative estimate of drug-likeness (QED) is 0.394. The number of halogens is 6. The van der Waals surface area contributed by atoms with Gasteiger partial charge in [-0.1, -0.05) is 17.7 Å². The molecule has 1 aliphatic heterocycles. The van der Waals surface area contributed by atoms with Crippen LogP contribution in [-0.2, 0) is 0 Å². The monoisotopic (exact) mass is 533 g/mol. The highest BCUT2D eigenvalue weighted by Crippen LogP contribution is 2.38. The van der Waals surface area contributed by atoms with Crippen LogP contribution < -0.4 is 20.5 Å². The third-order valence-corrected chi connectivity index (χ3v) is 5.42. The molecule has 2 aromatic heterocycles. The molecule has 1 aromatic carbocycles. The first-order valence-electron chi connectivity index (χ1n) is 10.3. The number of ether oxygens (including phenoxy) is 1. The molecule has 3 N–H and O–H groups in total. The van der Waals surface area contributed by atoms with E-state index in [1.165, 1.54) is 12.1 Å². The number of amides is 2. The number of para-hydroxylation sites is 1. The average molecular weight is 534 g/mol. The van der Waals surface area contributed by atoms with Gasteiger partial charge < -0.3 is 20.1 Å². The number of rotatable bonds is 7. The van der Waals surface area contributed by atoms with E-state index in [0.29, 0.717) is 5.01 Å². The lowest BCUT2D eigenvalue weighted by molar-refractivity contribution is -0.153. The molecule has 0 saturated carbocycles. The van der Waals surface area contributed by atoms with Crippen LogP contribution in [0.1, 0.15) is 6.92 Å². The van der Waals surface area contributed by atoms with E-state index < -0.39 is 71.5 Å². The molecular formula is C20H17ClF5N7O3. The van der Waals surface area contributed by atoms with Crippen molar-refractivity contribution < 1.29 is 36.6 Å². The summed E-state index contributed by atoms with van der Waals surface area (Å²) in [7, 11) is 0. The number of aliphatic hydroxyl groups excluding tert-OH is 1. The molecule has 4 rings (SSSR count). The summed E-state index contributed by atoms with van der Waals surface area (Å²) in [4.78, 5) is 17.7. The van der Waals surface area contributed by atoms with Crippen LogP contribution in [0.5, 0.6) is 5.88 Å². The molecule has 1 unspecified atom stereocenters. The first kappa shape index (κ1) is 25.5. The van der Waals surface area contributed by atoms with Crippen molar-refractivity contribution in [2.24, 2.45) is 0 Å². The molecule has 1 atom stereocenters. The number of hydrazine groups is 1. The molecule has 2 amide bonds. The minimum absolute atomic E-state index is 0.0989. The number of aliphatic hydroxyl groups is 1. The topological polar surface area (TPSA) is 116 Å². The summed E-state index contributed by atoms with van der Waals surface area (Å²) in [5.41, 5.74) is 2.24. The lowest BCUT2D eigenvalue weighted by Gasteiger charge is -2.19. The Kier molecular flexibility index (Phi) is 6.97. The third kappa shape index (κ3) is 4.76. The van der Waals surface area contributed by atoms with Gasteiger partial charge in [0.1, 0.15) is 12.0 Å². The summed E-state index contributed by atoms with van der Waals surface area (Å²) < 4.78 is 73.8. The molecular weight excluding hydrogens is 517 g/mol. The number of benzene rings is 1. The van der Waals surface area contributed by atoms with Gasteiger partial charge in [0.15, 0.2) is 24.1 Å². The molecule has 3 aromatic rings. The Morgan fingerprint density at radius 1 is 1.31 bits per heavy atom. The van der Waals surface area contributed by atoms with Crippen LogP contribution in [-0.4, -0.2) is 63.3 Å². The van der Waals surface area contributed by atoms with Crippen LogP contribution >= 0.6 is 11.6 Å². The molecule has 0 aliphatic carbocycles. The highest BCUT2D eigenvalue weighted by Gasteiger charge is 2.40. The lowest BCUT2D eigenvalue weighted by Crippen LogP contribution is -2.41. The zero-order valence-corrected chi connectivity index (χ0v) is 19.0. The van der Waals surface area contributed by atoms with E-state index in [1.54, 1.807) is 6.92 Å². The van der Waals surface area contributed by atoms with Crippen LogP contribution in [0.2, 0.25) is 5.02 Å². The number of likely N-dealkylation sites (N-methyl/N-ethyl adjacent to an activating group) is 1. The van der Waals surface area contributed by atoms with Crippen LogP contribution in [0, 0.1) is 11.6 Å². The van der Waals surface area contributed by atoms with Crippen molar-refractivity contribution in [2.45, 2.75) is 19.3 Å². The Morgan fingerprint density at radius 2 is 2.06 bits per heavy atom. The Labute approximate surface area is 204 Å². The van der Waals surface area contributed by atoms with E-state index in [4.69, 9.17) is 16.3 Å². The maximum atomic E-state index is 15.6. The normalized spacial score (nSPS) is 16.2. The van der Waals surface area contributed by atoms with E-state index >= 15 is 4.39 Å². The summed E-state index contributed by atoms with van der Waals surface area (Å²) in [6.07, 6.45) is -4.85. The summed E-state index contributed by atoms with van der Waals surface area (Å²) in [5, 5.41) is 19.1. The van der Waals surface area contributed by atoms with Crippen molar-refractivity contribution in [3.63, 3.8) is 0 Å². The van der Waals surface area contributed by atoms with Crippen molar-refractivity contribution in [1.29, 1.82) is 0 Å². The van der Waals surface area contributed by atoms with Gasteiger partial charge in [0.2, 0.25) is 5.88 Å². The molecule has 0 radical (unpaired) electrons. The Hall–Kier alpha value is -3.56. The summed E-state index contributed by atoms with van der Waals surface area (Å²) >= 11 is 6.01. The number of nitrogens with one attached hydrogen (secondary N) is 2. The van der Waals surface area contributed by atoms with Crippen molar-refractivity contribution in [3.8, 4) is 5.88 Å². The SMILES string of the molecule is CCN1C(=O)N(c2nc(OCC(F)(F)F)c3c(Nc4c(F)cccc4Cl)nncc3c2F)NC1CO. The average Bonchev–Trinajstić information content (AvgIpc) is 3.15. The summed E-state index contributed by atoms with van der Waals surface area (Å²) in [5.74, 6) is -3.91. The minimum Gasteiger partial charge on any atom is -0.467 e. The number of fused-ring (bicyclic) bond motifs is 1. The summed E-state index contributed by atoms with van der Waals surface area (Å²) in [6.45, 7) is -0.617. The number of anilines is 3. The molecule has 16 heteroatoms. The number of carbonyl (C=O) groups is 1. The van der Waals surface area contributed by atoms with Crippen LogP contribution in [0.25, 0.3) is 10.8 Å². The van der Waals surface area contributed by atoms with Gasteiger partial charge >= 0.3 is 12.2 Å². The molecule has 192 valence electrons. The van der Waals surface area contributed by atoms with Gasteiger partial charge in [-0.15, -0.1) is 5.10 Å². The van der Waals surface area contributed by atoms with Crippen LogP contribution in [0.4, 0.5) is 44.1 Å². The second kappa shape index (κ2) is 9.83. The van der Waals surface area contributed by atoms with E-state index in [0.717, 1.165) is 17.2 Å². The van der Waals surface area contributed by atoms with Crippen molar-refractivity contribution in [2.75, 3.05) is 30.1 Å². The van der Waals surface area contributed by atoms with E-state index in [9.17, 15) is 27.5 Å². The number of urea groups is 1. The fourth-order valence-corrected chi connectivity index (χ4v) is 3.71. The fourth-order valence-electron chi connectivity index (χ4n) is 3.50. The number of hydrogen-bond acceptors (Lipinski definition) is 8. The molecule has 36 heavy (non-hydrogen) atoms. The predicted molar refractivity (Wildman–Crippen MR) is 118 cm³/mol. The highest BCUT2D eigenvalue weighted by molar-refractivity contribution is 6.33. The van der Waals surface area contributed by atoms with E-state index in [1.807, 2.05) is 0 Å². The Bertz CT molecular complexity index is 1290. The van der Waals surface area contributed by atoms with Crippen LogP contribution in [0.3, 0.4) is 0 Å². The molecule has 10 nitrogen and oxygen atoms in total. The summed E-state index contributed by atoms with van der Waals surface area (Å²) in [6, 6.07) is 2.91. The molecule has 0 spiro atoms.